The van der Waals surface area contributed by atoms with Gasteiger partial charge in [0, 0.05) is 6.20 Å². The molecule has 2 aromatic heterocycles. The van der Waals surface area contributed by atoms with Crippen LogP contribution in [0.25, 0.3) is 11.1 Å². The van der Waals surface area contributed by atoms with Crippen molar-refractivity contribution in [3.05, 3.63) is 65.5 Å². The molecule has 1 aliphatic rings. The van der Waals surface area contributed by atoms with E-state index in [-0.39, 0.29) is 11.9 Å². The summed E-state index contributed by atoms with van der Waals surface area (Å²) in [5, 5.41) is 3.85. The molecule has 0 aliphatic heterocycles. The number of amides is 1. The summed E-state index contributed by atoms with van der Waals surface area (Å²) < 4.78 is 5.33. The molecule has 1 aromatic carbocycles. The van der Waals surface area contributed by atoms with Crippen LogP contribution in [0.15, 0.2) is 53.3 Å². The average Bonchev–Trinajstić information content (AvgIpc) is 3.12. The summed E-state index contributed by atoms with van der Waals surface area (Å²) in [6, 6.07) is 12.0. The normalized spacial score (nSPS) is 16.9. The van der Waals surface area contributed by atoms with Crippen LogP contribution in [0.1, 0.15) is 33.9 Å². The second kappa shape index (κ2) is 4.74. The van der Waals surface area contributed by atoms with Gasteiger partial charge in [-0.25, -0.2) is 4.98 Å². The van der Waals surface area contributed by atoms with Gasteiger partial charge < -0.3 is 9.73 Å². The van der Waals surface area contributed by atoms with Gasteiger partial charge in [0.2, 0.25) is 5.71 Å². The Morgan fingerprint density at radius 2 is 2.14 bits per heavy atom. The summed E-state index contributed by atoms with van der Waals surface area (Å²) >= 11 is 0. The number of furan rings is 1. The van der Waals surface area contributed by atoms with E-state index in [0.717, 1.165) is 18.2 Å². The number of hydrogen-bond donors (Lipinski definition) is 1. The summed E-state index contributed by atoms with van der Waals surface area (Å²) in [4.78, 5) is 16.6. The number of nitrogens with one attached hydrogen (secondary N) is 1. The van der Waals surface area contributed by atoms with Gasteiger partial charge in [-0.2, -0.15) is 0 Å². The monoisotopic (exact) mass is 278 g/mol. The van der Waals surface area contributed by atoms with Crippen LogP contribution < -0.4 is 5.32 Å². The Morgan fingerprint density at radius 3 is 3.10 bits per heavy atom. The van der Waals surface area contributed by atoms with E-state index in [4.69, 9.17) is 4.42 Å². The molecule has 0 fully saturated rings. The first kappa shape index (κ1) is 12.1. The fourth-order valence-electron chi connectivity index (χ4n) is 2.99. The predicted molar refractivity (Wildman–Crippen MR) is 79.0 cm³/mol. The van der Waals surface area contributed by atoms with Crippen LogP contribution in [0, 0.1) is 0 Å². The summed E-state index contributed by atoms with van der Waals surface area (Å²) in [5.74, 6) is -0.108. The maximum Gasteiger partial charge on any atom is 0.255 e. The van der Waals surface area contributed by atoms with Gasteiger partial charge in [0.25, 0.3) is 5.91 Å². The van der Waals surface area contributed by atoms with E-state index >= 15 is 0 Å². The number of rotatable bonds is 2. The lowest BCUT2D eigenvalue weighted by Crippen LogP contribution is -2.26. The Kier molecular flexibility index (Phi) is 2.74. The number of aromatic nitrogens is 1. The highest BCUT2D eigenvalue weighted by Gasteiger charge is 2.25. The second-order valence-electron chi connectivity index (χ2n) is 5.27. The first-order valence-corrected chi connectivity index (χ1v) is 7.04. The molecule has 4 heteroatoms. The van der Waals surface area contributed by atoms with Gasteiger partial charge in [-0.05, 0) is 36.1 Å². The van der Waals surface area contributed by atoms with Crippen LogP contribution in [0.4, 0.5) is 0 Å². The van der Waals surface area contributed by atoms with Crippen molar-refractivity contribution in [2.75, 3.05) is 0 Å². The van der Waals surface area contributed by atoms with Gasteiger partial charge >= 0.3 is 0 Å². The number of nitrogens with zero attached hydrogens (tertiary/aromatic N) is 1. The van der Waals surface area contributed by atoms with Crippen molar-refractivity contribution in [1.29, 1.82) is 0 Å². The van der Waals surface area contributed by atoms with Crippen molar-refractivity contribution in [3.63, 3.8) is 0 Å². The maximum atomic E-state index is 12.5. The van der Waals surface area contributed by atoms with Crippen LogP contribution in [0.3, 0.4) is 0 Å². The lowest BCUT2D eigenvalue weighted by molar-refractivity contribution is 0.0937. The van der Waals surface area contributed by atoms with Crippen LogP contribution in [-0.4, -0.2) is 10.9 Å². The van der Waals surface area contributed by atoms with Crippen molar-refractivity contribution < 1.29 is 9.21 Å². The van der Waals surface area contributed by atoms with E-state index in [0.29, 0.717) is 11.3 Å². The van der Waals surface area contributed by atoms with Gasteiger partial charge in [0.05, 0.1) is 17.0 Å². The highest BCUT2D eigenvalue weighted by molar-refractivity contribution is 6.05. The van der Waals surface area contributed by atoms with Crippen molar-refractivity contribution in [1.82, 2.24) is 10.3 Å². The van der Waals surface area contributed by atoms with Crippen LogP contribution in [0.2, 0.25) is 0 Å². The van der Waals surface area contributed by atoms with Crippen molar-refractivity contribution in [2.45, 2.75) is 18.9 Å². The average molecular weight is 278 g/mol. The molecule has 104 valence electrons. The summed E-state index contributed by atoms with van der Waals surface area (Å²) in [6.45, 7) is 0. The van der Waals surface area contributed by atoms with E-state index in [2.05, 4.69) is 22.4 Å². The van der Waals surface area contributed by atoms with Gasteiger partial charge in [-0.1, -0.05) is 24.3 Å². The van der Waals surface area contributed by atoms with Crippen LogP contribution in [0.5, 0.6) is 0 Å². The molecule has 4 nitrogen and oxygen atoms in total. The van der Waals surface area contributed by atoms with Gasteiger partial charge in [-0.3, -0.25) is 4.79 Å². The molecule has 0 saturated heterocycles. The highest BCUT2D eigenvalue weighted by atomic mass is 16.3. The van der Waals surface area contributed by atoms with E-state index in [1.807, 2.05) is 18.2 Å². The van der Waals surface area contributed by atoms with Crippen LogP contribution >= 0.6 is 0 Å². The number of aryl methyl sites for hydroxylation is 1. The molecular formula is C17H14N2O2. The lowest BCUT2D eigenvalue weighted by Gasteiger charge is -2.13. The third-order valence-corrected chi connectivity index (χ3v) is 4.03. The van der Waals surface area contributed by atoms with E-state index in [9.17, 15) is 4.79 Å². The zero-order valence-corrected chi connectivity index (χ0v) is 11.4. The summed E-state index contributed by atoms with van der Waals surface area (Å²) in [6.07, 6.45) is 5.09. The molecule has 2 heterocycles. The molecule has 0 saturated carbocycles. The topological polar surface area (TPSA) is 55.1 Å². The molecule has 1 aliphatic carbocycles. The van der Waals surface area contributed by atoms with E-state index < -0.39 is 0 Å². The predicted octanol–water partition coefficient (Wildman–Crippen LogP) is 3.25. The highest BCUT2D eigenvalue weighted by Crippen LogP contribution is 2.31. The van der Waals surface area contributed by atoms with E-state index in [1.165, 1.54) is 17.4 Å². The molecule has 0 bridgehead atoms. The molecule has 21 heavy (non-hydrogen) atoms. The molecule has 0 radical (unpaired) electrons. The standard InChI is InChI=1S/C17H14N2O2/c20-16(14-10-21-17-13(14)6-3-9-18-17)19-15-8-7-11-4-1-2-5-12(11)15/h1-6,9-10,15H,7-8H2,(H,19,20)/t15-/m1/s1. The minimum Gasteiger partial charge on any atom is -0.445 e. The smallest absolute Gasteiger partial charge is 0.255 e. The number of carbonyl (C=O) groups is 1. The fraction of sp³-hybridized carbons (Fsp3) is 0.176. The first-order valence-electron chi connectivity index (χ1n) is 7.04. The number of benzene rings is 1. The SMILES string of the molecule is O=C(N[C@@H]1CCc2ccccc21)c1coc2ncccc12. The lowest BCUT2D eigenvalue weighted by atomic mass is 10.1. The number of fused-ring (bicyclic) bond motifs is 2. The molecule has 1 N–H and O–H groups in total. The first-order chi connectivity index (χ1) is 10.3. The molecular weight excluding hydrogens is 264 g/mol. The van der Waals surface area contributed by atoms with Gasteiger partial charge in [0.15, 0.2) is 0 Å². The molecule has 1 atom stereocenters. The third-order valence-electron chi connectivity index (χ3n) is 4.03. The molecule has 3 aromatic rings. The van der Waals surface area contributed by atoms with Crippen LogP contribution in [-0.2, 0) is 6.42 Å². The van der Waals surface area contributed by atoms with Crippen molar-refractivity contribution in [3.8, 4) is 0 Å². The largest absolute Gasteiger partial charge is 0.445 e. The zero-order valence-electron chi connectivity index (χ0n) is 11.4. The minimum absolute atomic E-state index is 0.0790. The maximum absolute atomic E-state index is 12.5. The zero-order chi connectivity index (χ0) is 14.2. The van der Waals surface area contributed by atoms with Crippen molar-refractivity contribution in [2.24, 2.45) is 0 Å². The Bertz CT molecular complexity index is 822. The summed E-state index contributed by atoms with van der Waals surface area (Å²) in [5.41, 5.74) is 3.58. The molecule has 0 unspecified atom stereocenters. The summed E-state index contributed by atoms with van der Waals surface area (Å²) in [7, 11) is 0. The van der Waals surface area contributed by atoms with Gasteiger partial charge in [0.1, 0.15) is 6.26 Å². The number of hydrogen-bond acceptors (Lipinski definition) is 3. The molecule has 0 spiro atoms. The van der Waals surface area contributed by atoms with E-state index in [1.54, 1.807) is 12.3 Å². The molecule has 4 rings (SSSR count). The Balaban J connectivity index is 1.62. The Labute approximate surface area is 121 Å². The minimum atomic E-state index is -0.108. The fourth-order valence-corrected chi connectivity index (χ4v) is 2.99. The quantitative estimate of drug-likeness (QED) is 0.783. The molecule has 1 amide bonds. The Hall–Kier alpha value is -2.62. The van der Waals surface area contributed by atoms with Crippen molar-refractivity contribution >= 4 is 17.0 Å². The van der Waals surface area contributed by atoms with Gasteiger partial charge in [-0.15, -0.1) is 0 Å². The second-order valence-corrected chi connectivity index (χ2v) is 5.27. The number of pyridine rings is 1. The number of carbonyl (C=O) groups excluding carboxylic acids is 1. The third kappa shape index (κ3) is 2.00. The Morgan fingerprint density at radius 1 is 1.24 bits per heavy atom.